The summed E-state index contributed by atoms with van der Waals surface area (Å²) in [5.41, 5.74) is 0.495. The summed E-state index contributed by atoms with van der Waals surface area (Å²) in [4.78, 5) is 28.0. The molecule has 6 nitrogen and oxygen atoms in total. The Kier molecular flexibility index (Phi) is 5.82. The molecule has 2 N–H and O–H groups in total. The van der Waals surface area contributed by atoms with Crippen molar-refractivity contribution in [1.29, 1.82) is 0 Å². The third-order valence-corrected chi connectivity index (χ3v) is 6.40. The fraction of sp³-hybridized carbons (Fsp3) is 0.391. The molecular weight excluding hydrogens is 404 g/mol. The van der Waals surface area contributed by atoms with Crippen LogP contribution in [0.15, 0.2) is 48.5 Å². The normalized spacial score (nSPS) is 26.8. The van der Waals surface area contributed by atoms with Crippen LogP contribution < -0.4 is 14.5 Å². The number of nitrogens with one attached hydrogen (secondary N) is 1. The molecule has 2 aliphatic heterocycles. The Bertz CT molecular complexity index is 921. The summed E-state index contributed by atoms with van der Waals surface area (Å²) >= 11 is 5.96. The second-order valence-corrected chi connectivity index (χ2v) is 8.38. The molecule has 2 amide bonds. The van der Waals surface area contributed by atoms with Crippen molar-refractivity contribution in [2.75, 3.05) is 24.6 Å². The number of nitrogens with zero attached hydrogens (tertiary/aromatic N) is 1. The third kappa shape index (κ3) is 3.95. The molecule has 1 atom stereocenters. The van der Waals surface area contributed by atoms with E-state index in [0.717, 1.165) is 10.5 Å². The van der Waals surface area contributed by atoms with Gasteiger partial charge in [0.2, 0.25) is 5.91 Å². The summed E-state index contributed by atoms with van der Waals surface area (Å²) in [6.07, 6.45) is 1.26. The number of halogens is 1. The van der Waals surface area contributed by atoms with Crippen LogP contribution in [0.1, 0.15) is 31.7 Å². The van der Waals surface area contributed by atoms with Gasteiger partial charge in [0.25, 0.3) is 5.91 Å². The summed E-state index contributed by atoms with van der Waals surface area (Å²) in [6.45, 7) is 3.71. The largest absolute Gasteiger partial charge is 0.494 e. The fourth-order valence-electron chi connectivity index (χ4n) is 4.46. The quantitative estimate of drug-likeness (QED) is 0.712. The van der Waals surface area contributed by atoms with E-state index in [-0.39, 0.29) is 18.2 Å². The summed E-state index contributed by atoms with van der Waals surface area (Å²) in [6, 6.07) is 13.9. The minimum Gasteiger partial charge on any atom is -0.494 e. The van der Waals surface area contributed by atoms with Gasteiger partial charge in [-0.05, 0) is 48.9 Å². The van der Waals surface area contributed by atoms with Crippen LogP contribution in [-0.4, -0.2) is 42.7 Å². The number of likely N-dealkylation sites (tertiary alicyclic amines) is 1. The smallest absolute Gasteiger partial charge is 0.292 e. The zero-order chi connectivity index (χ0) is 21.3. The van der Waals surface area contributed by atoms with E-state index in [1.54, 1.807) is 36.4 Å². The highest BCUT2D eigenvalue weighted by atomic mass is 35.5. The molecule has 2 aliphatic rings. The summed E-state index contributed by atoms with van der Waals surface area (Å²) in [7, 11) is 0. The Morgan fingerprint density at radius 3 is 2.33 bits per heavy atom. The minimum absolute atomic E-state index is 0.170. The zero-order valence-electron chi connectivity index (χ0n) is 16.9. The number of imide groups is 1. The molecule has 2 aromatic carbocycles. The fourth-order valence-corrected chi connectivity index (χ4v) is 4.59. The first-order valence-electron chi connectivity index (χ1n) is 10.3. The number of carbonyl (C=O) groups is 2. The van der Waals surface area contributed by atoms with Gasteiger partial charge < -0.3 is 14.7 Å². The molecule has 2 saturated heterocycles. The van der Waals surface area contributed by atoms with Crippen molar-refractivity contribution in [1.82, 2.24) is 0 Å². The molecular formula is C23H26ClN2O4+. The molecule has 30 heavy (non-hydrogen) atoms. The van der Waals surface area contributed by atoms with Gasteiger partial charge in [-0.15, -0.1) is 0 Å². The van der Waals surface area contributed by atoms with E-state index >= 15 is 0 Å². The van der Waals surface area contributed by atoms with E-state index < -0.39 is 11.6 Å². The average molecular weight is 430 g/mol. The van der Waals surface area contributed by atoms with Gasteiger partial charge in [0, 0.05) is 17.9 Å². The van der Waals surface area contributed by atoms with Gasteiger partial charge in [0.15, 0.2) is 6.04 Å². The Morgan fingerprint density at radius 1 is 1.10 bits per heavy atom. The number of piperidine rings is 1. The van der Waals surface area contributed by atoms with Gasteiger partial charge in [-0.25, -0.2) is 4.90 Å². The molecule has 4 rings (SSSR count). The number of hydrogen-bond acceptors (Lipinski definition) is 4. The maximum absolute atomic E-state index is 13.1. The van der Waals surface area contributed by atoms with Crippen molar-refractivity contribution < 1.29 is 24.3 Å². The van der Waals surface area contributed by atoms with E-state index in [2.05, 4.69) is 0 Å². The molecule has 2 fully saturated rings. The number of anilines is 1. The molecule has 2 aromatic rings. The van der Waals surface area contributed by atoms with Crippen LogP contribution in [0.25, 0.3) is 0 Å². The molecule has 0 radical (unpaired) electrons. The lowest BCUT2D eigenvalue weighted by atomic mass is 9.84. The van der Waals surface area contributed by atoms with Crippen molar-refractivity contribution >= 4 is 29.1 Å². The summed E-state index contributed by atoms with van der Waals surface area (Å²) < 4.78 is 5.43. The second kappa shape index (κ2) is 8.38. The monoisotopic (exact) mass is 429 g/mol. The van der Waals surface area contributed by atoms with Crippen molar-refractivity contribution in [3.05, 3.63) is 59.1 Å². The lowest BCUT2D eigenvalue weighted by molar-refractivity contribution is -0.922. The molecule has 0 aliphatic carbocycles. The van der Waals surface area contributed by atoms with Gasteiger partial charge in [-0.2, -0.15) is 0 Å². The Balaban J connectivity index is 1.44. The molecule has 0 spiro atoms. The number of benzene rings is 2. The predicted molar refractivity (Wildman–Crippen MR) is 114 cm³/mol. The predicted octanol–water partition coefficient (Wildman–Crippen LogP) is 1.94. The lowest BCUT2D eigenvalue weighted by Gasteiger charge is -2.38. The molecule has 0 saturated carbocycles. The SMILES string of the molecule is CCOc1ccc(N2C(=O)CC([NH+]3CCC(O)(c4ccc(Cl)cc4)CC3)C2=O)cc1. The first kappa shape index (κ1) is 20.8. The van der Waals surface area contributed by atoms with Crippen molar-refractivity contribution in [3.8, 4) is 5.75 Å². The maximum Gasteiger partial charge on any atom is 0.292 e. The van der Waals surface area contributed by atoms with Crippen molar-refractivity contribution in [2.24, 2.45) is 0 Å². The standard InChI is InChI=1S/C23H25ClN2O4/c1-2-30-19-9-7-18(8-10-19)26-21(27)15-20(22(26)28)25-13-11-23(29,12-14-25)16-3-5-17(24)6-4-16/h3-10,20,29H,2,11-15H2,1H3/p+1. The number of amides is 2. The third-order valence-electron chi connectivity index (χ3n) is 6.15. The van der Waals surface area contributed by atoms with Crippen LogP contribution in [0.2, 0.25) is 5.02 Å². The van der Waals surface area contributed by atoms with Gasteiger partial charge in [-0.1, -0.05) is 23.7 Å². The van der Waals surface area contributed by atoms with E-state index in [1.165, 1.54) is 4.90 Å². The minimum atomic E-state index is -0.922. The van der Waals surface area contributed by atoms with Crippen LogP contribution >= 0.6 is 11.6 Å². The first-order valence-corrected chi connectivity index (χ1v) is 10.7. The van der Waals surface area contributed by atoms with E-state index in [9.17, 15) is 14.7 Å². The van der Waals surface area contributed by atoms with Crippen molar-refractivity contribution in [3.63, 3.8) is 0 Å². The Morgan fingerprint density at radius 2 is 1.73 bits per heavy atom. The average Bonchev–Trinajstić information content (AvgIpc) is 3.04. The van der Waals surface area contributed by atoms with Crippen LogP contribution in [0, 0.1) is 0 Å². The molecule has 1 unspecified atom stereocenters. The lowest BCUT2D eigenvalue weighted by Crippen LogP contribution is -3.18. The van der Waals surface area contributed by atoms with Crippen LogP contribution in [0.3, 0.4) is 0 Å². The van der Waals surface area contributed by atoms with Gasteiger partial charge in [-0.3, -0.25) is 9.59 Å². The van der Waals surface area contributed by atoms with E-state index in [4.69, 9.17) is 16.3 Å². The number of hydrogen-bond donors (Lipinski definition) is 2. The van der Waals surface area contributed by atoms with Crippen LogP contribution in [-0.2, 0) is 15.2 Å². The second-order valence-electron chi connectivity index (χ2n) is 7.95. The summed E-state index contributed by atoms with van der Waals surface area (Å²) in [5.74, 6) is 0.358. The van der Waals surface area contributed by atoms with Crippen molar-refractivity contribution in [2.45, 2.75) is 37.8 Å². The molecule has 7 heteroatoms. The highest BCUT2D eigenvalue weighted by Gasteiger charge is 2.48. The van der Waals surface area contributed by atoms with Gasteiger partial charge in [0.05, 0.1) is 31.8 Å². The topological polar surface area (TPSA) is 71.3 Å². The van der Waals surface area contributed by atoms with E-state index in [1.807, 2.05) is 19.1 Å². The number of rotatable bonds is 5. The number of aliphatic hydroxyl groups is 1. The zero-order valence-corrected chi connectivity index (χ0v) is 17.7. The number of quaternary nitrogens is 1. The van der Waals surface area contributed by atoms with Crippen LogP contribution in [0.5, 0.6) is 5.75 Å². The first-order chi connectivity index (χ1) is 14.4. The number of carbonyl (C=O) groups excluding carboxylic acids is 2. The van der Waals surface area contributed by atoms with Gasteiger partial charge in [0.1, 0.15) is 11.4 Å². The highest BCUT2D eigenvalue weighted by molar-refractivity contribution is 6.30. The van der Waals surface area contributed by atoms with E-state index in [0.29, 0.717) is 49.0 Å². The molecule has 0 aromatic heterocycles. The maximum atomic E-state index is 13.1. The van der Waals surface area contributed by atoms with Crippen LogP contribution in [0.4, 0.5) is 5.69 Å². The molecule has 158 valence electrons. The molecule has 0 bridgehead atoms. The molecule has 2 heterocycles. The summed E-state index contributed by atoms with van der Waals surface area (Å²) in [5, 5.41) is 11.7. The Hall–Kier alpha value is -2.41. The highest BCUT2D eigenvalue weighted by Crippen LogP contribution is 2.31. The Labute approximate surface area is 181 Å². The van der Waals surface area contributed by atoms with Gasteiger partial charge >= 0.3 is 0 Å². The number of ether oxygens (including phenoxy) is 1.